The molecule has 6 heteroatoms. The Hall–Kier alpha value is -2.21. The number of nitrogen functional groups attached to an aromatic ring is 1. The van der Waals surface area contributed by atoms with Crippen LogP contribution >= 0.6 is 0 Å². The predicted octanol–water partition coefficient (Wildman–Crippen LogP) is 2.76. The molecule has 1 heterocycles. The van der Waals surface area contributed by atoms with Crippen molar-refractivity contribution in [1.82, 2.24) is 4.98 Å². The van der Waals surface area contributed by atoms with E-state index in [2.05, 4.69) is 4.98 Å². The van der Waals surface area contributed by atoms with Crippen LogP contribution in [0.4, 0.5) is 0 Å². The number of rotatable bonds is 8. The van der Waals surface area contributed by atoms with Gasteiger partial charge in [0.25, 0.3) is 0 Å². The molecule has 0 aromatic carbocycles. The maximum atomic E-state index is 11.6. The summed E-state index contributed by atoms with van der Waals surface area (Å²) in [6, 6.07) is 3.62. The van der Waals surface area contributed by atoms with E-state index in [1.165, 1.54) is 7.11 Å². The van der Waals surface area contributed by atoms with Crippen molar-refractivity contribution in [2.75, 3.05) is 13.7 Å². The summed E-state index contributed by atoms with van der Waals surface area (Å²) in [4.78, 5) is 15.9. The Morgan fingerprint density at radius 2 is 2.12 bits per heavy atom. The number of amidine groups is 1. The van der Waals surface area contributed by atoms with Crippen molar-refractivity contribution < 1.29 is 14.3 Å². The molecule has 0 aliphatic rings. The highest BCUT2D eigenvalue weighted by Gasteiger charge is 2.29. The van der Waals surface area contributed by atoms with Crippen LogP contribution in [0.1, 0.15) is 45.4 Å². The number of nitrogens with zero attached hydrogens (tertiary/aromatic N) is 1. The normalized spacial score (nSPS) is 13.5. The molecule has 1 atom stereocenters. The molecule has 0 amide bonds. The van der Waals surface area contributed by atoms with Gasteiger partial charge < -0.3 is 15.2 Å². The molecule has 24 heavy (non-hydrogen) atoms. The Bertz CT molecular complexity index is 606. The van der Waals surface area contributed by atoms with E-state index in [-0.39, 0.29) is 17.9 Å². The van der Waals surface area contributed by atoms with Crippen LogP contribution in [0.5, 0.6) is 0 Å². The van der Waals surface area contributed by atoms with Gasteiger partial charge in [-0.15, -0.1) is 0 Å². The number of esters is 1. The van der Waals surface area contributed by atoms with Crippen molar-refractivity contribution in [2.24, 2.45) is 11.1 Å². The lowest BCUT2D eigenvalue weighted by Gasteiger charge is -2.23. The molecule has 1 aromatic rings. The largest absolute Gasteiger partial charge is 0.469 e. The lowest BCUT2D eigenvalue weighted by atomic mass is 9.95. The lowest BCUT2D eigenvalue weighted by Crippen LogP contribution is -2.32. The zero-order valence-corrected chi connectivity index (χ0v) is 15.1. The Labute approximate surface area is 143 Å². The number of nitrogens with two attached hydrogens (primary N) is 1. The number of ether oxygens (including phenoxy) is 2. The van der Waals surface area contributed by atoms with Crippen LogP contribution in [0.25, 0.3) is 5.57 Å². The summed E-state index contributed by atoms with van der Waals surface area (Å²) < 4.78 is 10.5. The van der Waals surface area contributed by atoms with Gasteiger partial charge in [0.05, 0.1) is 30.9 Å². The highest BCUT2D eigenvalue weighted by Crippen LogP contribution is 2.19. The molecule has 0 saturated carbocycles. The van der Waals surface area contributed by atoms with Gasteiger partial charge in [-0.1, -0.05) is 6.08 Å². The number of hydrogen-bond acceptors (Lipinski definition) is 5. The zero-order chi connectivity index (χ0) is 18.3. The Morgan fingerprint density at radius 1 is 1.46 bits per heavy atom. The SMILES string of the molecule is COC(=O)C(C)(C)COC(C)C/C=C(\C)c1ccc(C(=N)N)cn1. The first kappa shape index (κ1) is 19.8. The minimum Gasteiger partial charge on any atom is -0.469 e. The summed E-state index contributed by atoms with van der Waals surface area (Å²) in [6.07, 6.45) is 4.32. The van der Waals surface area contributed by atoms with Gasteiger partial charge in [-0.2, -0.15) is 0 Å². The van der Waals surface area contributed by atoms with Crippen molar-refractivity contribution in [3.8, 4) is 0 Å². The van der Waals surface area contributed by atoms with Gasteiger partial charge in [-0.05, 0) is 51.8 Å². The maximum absolute atomic E-state index is 11.6. The average Bonchev–Trinajstić information content (AvgIpc) is 2.57. The van der Waals surface area contributed by atoms with Crippen molar-refractivity contribution >= 4 is 17.4 Å². The van der Waals surface area contributed by atoms with Crippen molar-refractivity contribution in [3.05, 3.63) is 35.7 Å². The second kappa shape index (κ2) is 8.59. The van der Waals surface area contributed by atoms with Crippen molar-refractivity contribution in [1.29, 1.82) is 5.41 Å². The first-order valence-corrected chi connectivity index (χ1v) is 7.85. The van der Waals surface area contributed by atoms with Crippen LogP contribution in [-0.2, 0) is 14.3 Å². The molecule has 0 aliphatic carbocycles. The van der Waals surface area contributed by atoms with Gasteiger partial charge in [0.2, 0.25) is 0 Å². The third kappa shape index (κ3) is 5.77. The van der Waals surface area contributed by atoms with Gasteiger partial charge in [0.1, 0.15) is 5.84 Å². The van der Waals surface area contributed by atoms with Crippen molar-refractivity contribution in [2.45, 2.75) is 40.2 Å². The molecule has 1 unspecified atom stereocenters. The first-order valence-electron chi connectivity index (χ1n) is 7.85. The Balaban J connectivity index is 2.58. The summed E-state index contributed by atoms with van der Waals surface area (Å²) in [7, 11) is 1.38. The van der Waals surface area contributed by atoms with Gasteiger partial charge in [-0.3, -0.25) is 15.2 Å². The molecule has 1 rings (SSSR count). The van der Waals surface area contributed by atoms with Gasteiger partial charge >= 0.3 is 5.97 Å². The van der Waals surface area contributed by atoms with E-state index in [4.69, 9.17) is 20.6 Å². The highest BCUT2D eigenvalue weighted by atomic mass is 16.5. The van der Waals surface area contributed by atoms with Crippen LogP contribution in [-0.4, -0.2) is 36.6 Å². The zero-order valence-electron chi connectivity index (χ0n) is 15.1. The minimum atomic E-state index is -0.661. The number of pyridine rings is 1. The van der Waals surface area contributed by atoms with Crippen LogP contribution in [0.15, 0.2) is 24.4 Å². The first-order chi connectivity index (χ1) is 11.2. The Kier molecular flexibility index (Phi) is 7.10. The van der Waals surface area contributed by atoms with E-state index >= 15 is 0 Å². The van der Waals surface area contributed by atoms with E-state index in [0.717, 1.165) is 11.3 Å². The van der Waals surface area contributed by atoms with E-state index < -0.39 is 5.41 Å². The molecule has 6 nitrogen and oxygen atoms in total. The second-order valence-electron chi connectivity index (χ2n) is 6.47. The molecule has 3 N–H and O–H groups in total. The van der Waals surface area contributed by atoms with E-state index in [0.29, 0.717) is 18.6 Å². The van der Waals surface area contributed by atoms with Crippen LogP contribution in [0, 0.1) is 10.8 Å². The molecule has 0 saturated heterocycles. The smallest absolute Gasteiger partial charge is 0.313 e. The quantitative estimate of drug-likeness (QED) is 0.433. The fraction of sp³-hybridized carbons (Fsp3) is 0.500. The number of methoxy groups -OCH3 is 1. The minimum absolute atomic E-state index is 0.00549. The number of carbonyl (C=O) groups is 1. The molecule has 0 aliphatic heterocycles. The van der Waals surface area contributed by atoms with Gasteiger partial charge in [0, 0.05) is 11.8 Å². The Morgan fingerprint density at radius 3 is 2.62 bits per heavy atom. The third-order valence-corrected chi connectivity index (χ3v) is 3.70. The molecule has 1 aromatic heterocycles. The number of nitrogens with one attached hydrogen (secondary N) is 1. The lowest BCUT2D eigenvalue weighted by molar-refractivity contribution is -0.155. The van der Waals surface area contributed by atoms with Gasteiger partial charge in [0.15, 0.2) is 0 Å². The second-order valence-corrected chi connectivity index (χ2v) is 6.47. The summed E-state index contributed by atoms with van der Waals surface area (Å²) in [6.45, 7) is 7.84. The number of hydrogen-bond donors (Lipinski definition) is 2. The standard InChI is InChI=1S/C18H27N3O3/c1-12(15-9-8-14(10-21-15)16(19)20)6-7-13(2)24-11-18(3,4)17(22)23-5/h6,8-10,13H,7,11H2,1-5H3,(H3,19,20)/b12-6+. The van der Waals surface area contributed by atoms with Crippen molar-refractivity contribution in [3.63, 3.8) is 0 Å². The number of carbonyl (C=O) groups excluding carboxylic acids is 1. The monoisotopic (exact) mass is 333 g/mol. The molecule has 0 radical (unpaired) electrons. The molecule has 132 valence electrons. The maximum Gasteiger partial charge on any atom is 0.313 e. The predicted molar refractivity (Wildman–Crippen MR) is 94.7 cm³/mol. The molecular weight excluding hydrogens is 306 g/mol. The fourth-order valence-corrected chi connectivity index (χ4v) is 1.99. The number of allylic oxidation sites excluding steroid dienone is 1. The molecule has 0 bridgehead atoms. The summed E-state index contributed by atoms with van der Waals surface area (Å²) in [5.74, 6) is -0.276. The third-order valence-electron chi connectivity index (χ3n) is 3.70. The topological polar surface area (TPSA) is 98.3 Å². The highest BCUT2D eigenvalue weighted by molar-refractivity contribution is 5.94. The van der Waals surface area contributed by atoms with Crippen LogP contribution < -0.4 is 5.73 Å². The van der Waals surface area contributed by atoms with E-state index in [9.17, 15) is 4.79 Å². The van der Waals surface area contributed by atoms with E-state index in [1.807, 2.05) is 26.0 Å². The molecule has 0 fully saturated rings. The number of aromatic nitrogens is 1. The van der Waals surface area contributed by atoms with Crippen LogP contribution in [0.3, 0.4) is 0 Å². The molecular formula is C18H27N3O3. The van der Waals surface area contributed by atoms with Crippen LogP contribution in [0.2, 0.25) is 0 Å². The summed E-state index contributed by atoms with van der Waals surface area (Å²) >= 11 is 0. The summed E-state index contributed by atoms with van der Waals surface area (Å²) in [5, 5.41) is 7.36. The van der Waals surface area contributed by atoms with Gasteiger partial charge in [-0.25, -0.2) is 0 Å². The fourth-order valence-electron chi connectivity index (χ4n) is 1.99. The molecule has 0 spiro atoms. The summed E-state index contributed by atoms with van der Waals surface area (Å²) in [5.41, 5.74) is 7.22. The van der Waals surface area contributed by atoms with E-state index in [1.54, 1.807) is 26.1 Å². The average molecular weight is 333 g/mol.